The van der Waals surface area contributed by atoms with Crippen LogP contribution in [0.5, 0.6) is 0 Å². The summed E-state index contributed by atoms with van der Waals surface area (Å²) in [5, 5.41) is 12.9. The van der Waals surface area contributed by atoms with Crippen LogP contribution in [0.1, 0.15) is 11.8 Å². The first-order valence-electron chi connectivity index (χ1n) is 6.93. The van der Waals surface area contributed by atoms with E-state index in [1.807, 2.05) is 24.4 Å². The Morgan fingerprint density at radius 3 is 2.91 bits per heavy atom. The van der Waals surface area contributed by atoms with Crippen molar-refractivity contribution in [3.63, 3.8) is 0 Å². The maximum Gasteiger partial charge on any atom is 0.277 e. The van der Waals surface area contributed by atoms with Gasteiger partial charge in [-0.3, -0.25) is 9.78 Å². The molecule has 0 aliphatic carbocycles. The van der Waals surface area contributed by atoms with E-state index in [9.17, 15) is 4.79 Å². The van der Waals surface area contributed by atoms with Gasteiger partial charge in [0.2, 0.25) is 11.8 Å². The Bertz CT molecular complexity index is 759. The zero-order chi connectivity index (χ0) is 16.1. The number of pyridine rings is 1. The summed E-state index contributed by atoms with van der Waals surface area (Å²) in [5.41, 5.74) is 0.800. The molecule has 1 unspecified atom stereocenters. The molecule has 1 N–H and O–H groups in total. The van der Waals surface area contributed by atoms with E-state index in [1.54, 1.807) is 35.9 Å². The third-order valence-corrected chi connectivity index (χ3v) is 4.81. The van der Waals surface area contributed by atoms with Crippen molar-refractivity contribution in [2.75, 3.05) is 0 Å². The lowest BCUT2D eigenvalue weighted by Gasteiger charge is -2.08. The molecule has 1 atom stereocenters. The second-order valence-corrected chi connectivity index (χ2v) is 6.99. The third kappa shape index (κ3) is 4.17. The van der Waals surface area contributed by atoms with E-state index < -0.39 is 0 Å². The molecule has 1 amide bonds. The number of nitrogens with one attached hydrogen (secondary N) is 1. The quantitative estimate of drug-likeness (QED) is 0.691. The van der Waals surface area contributed by atoms with Gasteiger partial charge in [0.15, 0.2) is 0 Å². The molecule has 0 radical (unpaired) electrons. The third-order valence-electron chi connectivity index (χ3n) is 3.00. The molecule has 23 heavy (non-hydrogen) atoms. The summed E-state index contributed by atoms with van der Waals surface area (Å²) >= 11 is 2.85. The number of thioether (sulfide) groups is 1. The van der Waals surface area contributed by atoms with E-state index in [-0.39, 0.29) is 11.2 Å². The second-order valence-electron chi connectivity index (χ2n) is 4.67. The van der Waals surface area contributed by atoms with Crippen molar-refractivity contribution in [2.45, 2.75) is 23.9 Å². The molecule has 0 fully saturated rings. The lowest BCUT2D eigenvalue weighted by Crippen LogP contribution is -2.30. The van der Waals surface area contributed by atoms with Crippen LogP contribution in [0.3, 0.4) is 0 Å². The second kappa shape index (κ2) is 7.38. The van der Waals surface area contributed by atoms with Crippen LogP contribution in [0.15, 0.2) is 51.7 Å². The predicted molar refractivity (Wildman–Crippen MR) is 89.0 cm³/mol. The van der Waals surface area contributed by atoms with E-state index in [4.69, 9.17) is 4.42 Å². The minimum absolute atomic E-state index is 0.0629. The number of thiophene rings is 1. The normalized spacial score (nSPS) is 12.0. The molecule has 3 aromatic rings. The lowest BCUT2D eigenvalue weighted by atomic mass is 10.3. The minimum atomic E-state index is -0.319. The van der Waals surface area contributed by atoms with Crippen molar-refractivity contribution in [3.05, 3.63) is 46.9 Å². The summed E-state index contributed by atoms with van der Waals surface area (Å²) in [6.45, 7) is 2.35. The van der Waals surface area contributed by atoms with Crippen LogP contribution in [-0.2, 0) is 11.3 Å². The number of amides is 1. The topological polar surface area (TPSA) is 80.9 Å². The molecule has 0 bridgehead atoms. The van der Waals surface area contributed by atoms with Crippen molar-refractivity contribution in [2.24, 2.45) is 0 Å². The predicted octanol–water partition coefficient (Wildman–Crippen LogP) is 2.99. The highest BCUT2D eigenvalue weighted by atomic mass is 32.2. The zero-order valence-electron chi connectivity index (χ0n) is 12.3. The van der Waals surface area contributed by atoms with Gasteiger partial charge in [0.25, 0.3) is 5.22 Å². The van der Waals surface area contributed by atoms with Gasteiger partial charge in [-0.1, -0.05) is 17.8 Å². The van der Waals surface area contributed by atoms with Crippen molar-refractivity contribution >= 4 is 29.0 Å². The summed E-state index contributed by atoms with van der Waals surface area (Å²) in [6.07, 6.45) is 3.32. The first kappa shape index (κ1) is 15.7. The van der Waals surface area contributed by atoms with Crippen LogP contribution < -0.4 is 5.32 Å². The van der Waals surface area contributed by atoms with Crippen LogP contribution in [0.25, 0.3) is 11.5 Å². The molecule has 0 saturated heterocycles. The maximum absolute atomic E-state index is 12.1. The molecule has 8 heteroatoms. The Labute approximate surface area is 141 Å². The Balaban J connectivity index is 1.56. The molecule has 0 aliphatic heterocycles. The van der Waals surface area contributed by atoms with E-state index in [0.29, 0.717) is 17.7 Å². The molecule has 3 heterocycles. The standard InChI is InChI=1S/C15H14N4O2S2/c1-10(13(20)17-9-12-3-2-8-22-12)23-15-19-18-14(21-15)11-4-6-16-7-5-11/h2-8,10H,9H2,1H3,(H,17,20). The van der Waals surface area contributed by atoms with Crippen molar-refractivity contribution in [1.82, 2.24) is 20.5 Å². The average Bonchev–Trinajstić information content (AvgIpc) is 3.25. The van der Waals surface area contributed by atoms with Gasteiger partial charge < -0.3 is 9.73 Å². The summed E-state index contributed by atoms with van der Waals surface area (Å²) in [7, 11) is 0. The molecule has 0 saturated carbocycles. The van der Waals surface area contributed by atoms with E-state index >= 15 is 0 Å². The van der Waals surface area contributed by atoms with Crippen molar-refractivity contribution < 1.29 is 9.21 Å². The summed E-state index contributed by atoms with van der Waals surface area (Å²) < 4.78 is 5.58. The first-order valence-corrected chi connectivity index (χ1v) is 8.69. The monoisotopic (exact) mass is 346 g/mol. The first-order chi connectivity index (χ1) is 11.2. The highest BCUT2D eigenvalue weighted by Crippen LogP contribution is 2.25. The highest BCUT2D eigenvalue weighted by molar-refractivity contribution is 8.00. The van der Waals surface area contributed by atoms with Gasteiger partial charge in [0.1, 0.15) is 0 Å². The molecular weight excluding hydrogens is 332 g/mol. The molecule has 3 rings (SSSR count). The molecule has 0 spiro atoms. The average molecular weight is 346 g/mol. The number of carbonyl (C=O) groups excluding carboxylic acids is 1. The Morgan fingerprint density at radius 2 is 2.17 bits per heavy atom. The fraction of sp³-hybridized carbons (Fsp3) is 0.200. The smallest absolute Gasteiger partial charge is 0.277 e. The molecule has 0 aromatic carbocycles. The van der Waals surface area contributed by atoms with E-state index in [2.05, 4.69) is 20.5 Å². The fourth-order valence-corrected chi connectivity index (χ4v) is 3.16. The van der Waals surface area contributed by atoms with Gasteiger partial charge in [-0.15, -0.1) is 21.5 Å². The Kier molecular flexibility index (Phi) is 5.04. The van der Waals surface area contributed by atoms with Crippen molar-refractivity contribution in [3.8, 4) is 11.5 Å². The number of carbonyl (C=O) groups is 1. The fourth-order valence-electron chi connectivity index (χ4n) is 1.80. The van der Waals surface area contributed by atoms with Gasteiger partial charge in [0.05, 0.1) is 11.8 Å². The number of aromatic nitrogens is 3. The summed E-state index contributed by atoms with van der Waals surface area (Å²) in [4.78, 5) is 17.2. The number of nitrogens with zero attached hydrogens (tertiary/aromatic N) is 3. The van der Waals surface area contributed by atoms with Crippen molar-refractivity contribution in [1.29, 1.82) is 0 Å². The highest BCUT2D eigenvalue weighted by Gasteiger charge is 2.18. The van der Waals surface area contributed by atoms with E-state index in [1.165, 1.54) is 11.8 Å². The van der Waals surface area contributed by atoms with Crippen LogP contribution in [0.2, 0.25) is 0 Å². The molecule has 6 nitrogen and oxygen atoms in total. The van der Waals surface area contributed by atoms with Gasteiger partial charge in [0, 0.05) is 22.8 Å². The largest absolute Gasteiger partial charge is 0.411 e. The van der Waals surface area contributed by atoms with Crippen LogP contribution in [-0.4, -0.2) is 26.3 Å². The maximum atomic E-state index is 12.1. The summed E-state index contributed by atoms with van der Waals surface area (Å²) in [5.74, 6) is 0.355. The molecular formula is C15H14N4O2S2. The number of hydrogen-bond acceptors (Lipinski definition) is 7. The molecule has 0 aliphatic rings. The van der Waals surface area contributed by atoms with Gasteiger partial charge in [-0.2, -0.15) is 0 Å². The SMILES string of the molecule is CC(Sc1nnc(-c2ccncc2)o1)C(=O)NCc1cccs1. The van der Waals surface area contributed by atoms with Gasteiger partial charge in [-0.05, 0) is 30.5 Å². The molecule has 118 valence electrons. The van der Waals surface area contributed by atoms with Crippen LogP contribution in [0, 0.1) is 0 Å². The summed E-state index contributed by atoms with van der Waals surface area (Å²) in [6, 6.07) is 7.53. The number of rotatable bonds is 6. The lowest BCUT2D eigenvalue weighted by molar-refractivity contribution is -0.120. The van der Waals surface area contributed by atoms with Crippen LogP contribution in [0.4, 0.5) is 0 Å². The molecule has 3 aromatic heterocycles. The number of hydrogen-bond donors (Lipinski definition) is 1. The van der Waals surface area contributed by atoms with Gasteiger partial charge >= 0.3 is 0 Å². The van der Waals surface area contributed by atoms with E-state index in [0.717, 1.165) is 10.4 Å². The zero-order valence-corrected chi connectivity index (χ0v) is 13.9. The Hall–Kier alpha value is -2.19. The Morgan fingerprint density at radius 1 is 1.35 bits per heavy atom. The van der Waals surface area contributed by atoms with Gasteiger partial charge in [-0.25, -0.2) is 0 Å². The minimum Gasteiger partial charge on any atom is -0.411 e. The van der Waals surface area contributed by atoms with Crippen LogP contribution >= 0.6 is 23.1 Å².